The maximum Gasteiger partial charge on any atom is 0.237 e. The highest BCUT2D eigenvalue weighted by Gasteiger charge is 2.18. The quantitative estimate of drug-likeness (QED) is 0.583. The summed E-state index contributed by atoms with van der Waals surface area (Å²) in [5.41, 5.74) is 9.91. The highest BCUT2D eigenvalue weighted by atomic mass is 16.2. The van der Waals surface area contributed by atoms with Crippen molar-refractivity contribution in [3.8, 4) is 0 Å². The second-order valence-electron chi connectivity index (χ2n) is 3.78. The minimum atomic E-state index is -0.659. The standard InChI is InChI=1S/C9H17N3O3/c1-6(2)3-9(15)12(4-7(10)13)5-8(11)14/h6H,3-5H2,1-2H3,(H2,10,13)(H2,11,14). The third-order valence-corrected chi connectivity index (χ3v) is 1.63. The zero-order chi connectivity index (χ0) is 12.0. The first-order valence-electron chi connectivity index (χ1n) is 4.67. The van der Waals surface area contributed by atoms with Gasteiger partial charge in [-0.05, 0) is 5.92 Å². The van der Waals surface area contributed by atoms with Crippen LogP contribution >= 0.6 is 0 Å². The van der Waals surface area contributed by atoms with Crippen LogP contribution < -0.4 is 11.5 Å². The average molecular weight is 215 g/mol. The molecular formula is C9H17N3O3. The molecule has 0 aliphatic heterocycles. The number of carbonyl (C=O) groups excluding carboxylic acids is 3. The number of primary amides is 2. The monoisotopic (exact) mass is 215 g/mol. The Hall–Kier alpha value is -1.59. The molecule has 0 saturated carbocycles. The van der Waals surface area contributed by atoms with Crippen LogP contribution in [0.1, 0.15) is 20.3 Å². The predicted octanol–water partition coefficient (Wildman–Crippen LogP) is -1.17. The number of hydrogen-bond acceptors (Lipinski definition) is 3. The first-order valence-corrected chi connectivity index (χ1v) is 4.67. The van der Waals surface area contributed by atoms with Gasteiger partial charge >= 0.3 is 0 Å². The van der Waals surface area contributed by atoms with Gasteiger partial charge in [-0.2, -0.15) is 0 Å². The van der Waals surface area contributed by atoms with E-state index in [1.54, 1.807) is 0 Å². The molecule has 0 bridgehead atoms. The molecule has 0 aromatic rings. The van der Waals surface area contributed by atoms with Crippen LogP contribution in [0.2, 0.25) is 0 Å². The molecule has 0 saturated heterocycles. The second kappa shape index (κ2) is 6.00. The minimum absolute atomic E-state index is 0.153. The van der Waals surface area contributed by atoms with E-state index in [0.29, 0.717) is 0 Å². The molecule has 0 fully saturated rings. The van der Waals surface area contributed by atoms with Crippen molar-refractivity contribution in [2.24, 2.45) is 17.4 Å². The van der Waals surface area contributed by atoms with Gasteiger partial charge < -0.3 is 16.4 Å². The SMILES string of the molecule is CC(C)CC(=O)N(CC(N)=O)CC(N)=O. The molecule has 0 rings (SSSR count). The summed E-state index contributed by atoms with van der Waals surface area (Å²) in [6, 6.07) is 0. The molecule has 4 N–H and O–H groups in total. The highest BCUT2D eigenvalue weighted by molar-refractivity contribution is 5.88. The Morgan fingerprint density at radius 1 is 1.07 bits per heavy atom. The molecule has 0 aliphatic carbocycles. The Labute approximate surface area is 88.6 Å². The summed E-state index contributed by atoms with van der Waals surface area (Å²) in [4.78, 5) is 33.9. The molecule has 15 heavy (non-hydrogen) atoms. The summed E-state index contributed by atoms with van der Waals surface area (Å²) in [5.74, 6) is -1.45. The molecule has 0 spiro atoms. The third-order valence-electron chi connectivity index (χ3n) is 1.63. The van der Waals surface area contributed by atoms with Crippen LogP contribution in [-0.4, -0.2) is 35.7 Å². The van der Waals surface area contributed by atoms with Crippen molar-refractivity contribution >= 4 is 17.7 Å². The van der Waals surface area contributed by atoms with Crippen LogP contribution in [0.5, 0.6) is 0 Å². The summed E-state index contributed by atoms with van der Waals surface area (Å²) >= 11 is 0. The molecule has 0 unspecified atom stereocenters. The van der Waals surface area contributed by atoms with Gasteiger partial charge in [-0.25, -0.2) is 0 Å². The van der Waals surface area contributed by atoms with E-state index in [4.69, 9.17) is 11.5 Å². The van der Waals surface area contributed by atoms with Crippen molar-refractivity contribution in [2.45, 2.75) is 20.3 Å². The van der Waals surface area contributed by atoms with E-state index < -0.39 is 11.8 Å². The Morgan fingerprint density at radius 3 is 1.73 bits per heavy atom. The lowest BCUT2D eigenvalue weighted by atomic mass is 10.1. The molecule has 3 amide bonds. The number of nitrogens with two attached hydrogens (primary N) is 2. The van der Waals surface area contributed by atoms with E-state index in [9.17, 15) is 14.4 Å². The summed E-state index contributed by atoms with van der Waals surface area (Å²) in [5, 5.41) is 0. The topological polar surface area (TPSA) is 106 Å². The third kappa shape index (κ3) is 6.48. The lowest BCUT2D eigenvalue weighted by molar-refractivity contribution is -0.138. The first-order chi connectivity index (χ1) is 6.82. The van der Waals surface area contributed by atoms with Gasteiger partial charge in [0.15, 0.2) is 0 Å². The predicted molar refractivity (Wildman–Crippen MR) is 54.4 cm³/mol. The fourth-order valence-corrected chi connectivity index (χ4v) is 1.09. The van der Waals surface area contributed by atoms with Crippen molar-refractivity contribution < 1.29 is 14.4 Å². The molecule has 0 heterocycles. The number of carbonyl (C=O) groups is 3. The van der Waals surface area contributed by atoms with Crippen molar-refractivity contribution in [1.29, 1.82) is 0 Å². The van der Waals surface area contributed by atoms with E-state index in [0.717, 1.165) is 4.90 Å². The smallest absolute Gasteiger partial charge is 0.237 e. The van der Waals surface area contributed by atoms with Gasteiger partial charge in [0.1, 0.15) is 0 Å². The van der Waals surface area contributed by atoms with Crippen LogP contribution in [0.15, 0.2) is 0 Å². The zero-order valence-electron chi connectivity index (χ0n) is 9.03. The Balaban J connectivity index is 4.40. The molecule has 0 aromatic heterocycles. The minimum Gasteiger partial charge on any atom is -0.368 e. The number of amides is 3. The number of nitrogens with zero attached hydrogens (tertiary/aromatic N) is 1. The summed E-state index contributed by atoms with van der Waals surface area (Å²) in [6.07, 6.45) is 0.264. The fraction of sp³-hybridized carbons (Fsp3) is 0.667. The summed E-state index contributed by atoms with van der Waals surface area (Å²) in [6.45, 7) is 3.19. The van der Waals surface area contributed by atoms with Crippen LogP contribution in [-0.2, 0) is 14.4 Å². The second-order valence-corrected chi connectivity index (χ2v) is 3.78. The number of rotatable bonds is 6. The van der Waals surface area contributed by atoms with Gasteiger partial charge in [0.2, 0.25) is 17.7 Å². The van der Waals surface area contributed by atoms with Crippen molar-refractivity contribution in [2.75, 3.05) is 13.1 Å². The molecule has 6 nitrogen and oxygen atoms in total. The largest absolute Gasteiger partial charge is 0.368 e. The Morgan fingerprint density at radius 2 is 1.47 bits per heavy atom. The molecule has 86 valence electrons. The van der Waals surface area contributed by atoms with Gasteiger partial charge in [0, 0.05) is 6.42 Å². The Kier molecular flexibility index (Phi) is 5.36. The van der Waals surface area contributed by atoms with Gasteiger partial charge in [-0.15, -0.1) is 0 Å². The van der Waals surface area contributed by atoms with Crippen LogP contribution in [0, 0.1) is 5.92 Å². The van der Waals surface area contributed by atoms with Gasteiger partial charge in [0.25, 0.3) is 0 Å². The van der Waals surface area contributed by atoms with E-state index in [2.05, 4.69) is 0 Å². The average Bonchev–Trinajstić information content (AvgIpc) is 1.99. The molecule has 0 atom stereocenters. The lowest BCUT2D eigenvalue weighted by Crippen LogP contribution is -2.43. The van der Waals surface area contributed by atoms with Crippen molar-refractivity contribution in [3.05, 3.63) is 0 Å². The maximum atomic E-state index is 11.5. The Bertz CT molecular complexity index is 247. The number of hydrogen-bond donors (Lipinski definition) is 2. The van der Waals surface area contributed by atoms with Crippen molar-refractivity contribution in [1.82, 2.24) is 4.90 Å². The maximum absolute atomic E-state index is 11.5. The van der Waals surface area contributed by atoms with E-state index in [1.165, 1.54) is 0 Å². The van der Waals surface area contributed by atoms with Gasteiger partial charge in [-0.1, -0.05) is 13.8 Å². The van der Waals surface area contributed by atoms with Crippen LogP contribution in [0.4, 0.5) is 0 Å². The van der Waals surface area contributed by atoms with E-state index in [1.807, 2.05) is 13.8 Å². The van der Waals surface area contributed by atoms with Crippen LogP contribution in [0.25, 0.3) is 0 Å². The molecule has 0 radical (unpaired) electrons. The van der Waals surface area contributed by atoms with Gasteiger partial charge in [0.05, 0.1) is 13.1 Å². The zero-order valence-corrected chi connectivity index (χ0v) is 9.03. The normalized spacial score (nSPS) is 10.1. The summed E-state index contributed by atoms with van der Waals surface area (Å²) in [7, 11) is 0. The first kappa shape index (κ1) is 13.4. The van der Waals surface area contributed by atoms with Crippen molar-refractivity contribution in [3.63, 3.8) is 0 Å². The molecule has 0 aromatic carbocycles. The van der Waals surface area contributed by atoms with E-state index >= 15 is 0 Å². The molecular weight excluding hydrogens is 198 g/mol. The van der Waals surface area contributed by atoms with Crippen LogP contribution in [0.3, 0.4) is 0 Å². The highest BCUT2D eigenvalue weighted by Crippen LogP contribution is 2.03. The molecule has 0 aliphatic rings. The summed E-state index contributed by atoms with van der Waals surface area (Å²) < 4.78 is 0. The van der Waals surface area contributed by atoms with E-state index in [-0.39, 0.29) is 31.3 Å². The fourth-order valence-electron chi connectivity index (χ4n) is 1.09. The van der Waals surface area contributed by atoms with Gasteiger partial charge in [-0.3, -0.25) is 14.4 Å². The lowest BCUT2D eigenvalue weighted by Gasteiger charge is -2.20. The molecule has 6 heteroatoms.